The number of nitrogens with zero attached hydrogens (tertiary/aromatic N) is 1. The van der Waals surface area contributed by atoms with Crippen molar-refractivity contribution in [3.05, 3.63) is 75.2 Å². The molecule has 0 fully saturated rings. The first-order valence-corrected chi connectivity index (χ1v) is 11.0. The summed E-state index contributed by atoms with van der Waals surface area (Å²) < 4.78 is 0. The quantitative estimate of drug-likeness (QED) is 0.436. The lowest BCUT2D eigenvalue weighted by Crippen LogP contribution is -2.15. The Labute approximate surface area is 173 Å². The molecule has 0 unspecified atom stereocenters. The van der Waals surface area contributed by atoms with E-state index in [1.165, 1.54) is 22.7 Å². The lowest BCUT2D eigenvalue weighted by atomic mass is 10.2. The molecule has 2 amide bonds. The highest BCUT2D eigenvalue weighted by atomic mass is 32.1. The van der Waals surface area contributed by atoms with Crippen molar-refractivity contribution in [1.29, 1.82) is 0 Å². The normalized spacial score (nSPS) is 10.6. The summed E-state index contributed by atoms with van der Waals surface area (Å²) in [6, 6.07) is 14.7. The van der Waals surface area contributed by atoms with Crippen LogP contribution in [-0.2, 0) is 11.2 Å². The Balaban J connectivity index is 1.37. The van der Waals surface area contributed by atoms with Crippen LogP contribution < -0.4 is 10.6 Å². The van der Waals surface area contributed by atoms with Crippen LogP contribution in [0.15, 0.2) is 64.7 Å². The Bertz CT molecular complexity index is 1090. The summed E-state index contributed by atoms with van der Waals surface area (Å²) in [5.74, 6) is -0.313. The van der Waals surface area contributed by atoms with Crippen molar-refractivity contribution in [1.82, 2.24) is 4.98 Å². The minimum atomic E-state index is -0.165. The highest BCUT2D eigenvalue weighted by Gasteiger charge is 2.11. The molecule has 0 saturated heterocycles. The number of thiophene rings is 2. The molecule has 0 bridgehead atoms. The van der Waals surface area contributed by atoms with Crippen LogP contribution in [0.1, 0.15) is 15.4 Å². The third-order valence-electron chi connectivity index (χ3n) is 3.77. The van der Waals surface area contributed by atoms with E-state index in [0.29, 0.717) is 16.3 Å². The van der Waals surface area contributed by atoms with Gasteiger partial charge in [0.2, 0.25) is 5.91 Å². The van der Waals surface area contributed by atoms with Crippen molar-refractivity contribution in [3.63, 3.8) is 0 Å². The van der Waals surface area contributed by atoms with Crippen molar-refractivity contribution in [2.75, 3.05) is 10.6 Å². The van der Waals surface area contributed by atoms with Crippen LogP contribution in [0.25, 0.3) is 9.88 Å². The molecular weight excluding hydrogens is 410 g/mol. The Kier molecular flexibility index (Phi) is 5.61. The van der Waals surface area contributed by atoms with Crippen LogP contribution in [0.3, 0.4) is 0 Å². The lowest BCUT2D eigenvalue weighted by Gasteiger charge is -2.08. The zero-order valence-electron chi connectivity index (χ0n) is 14.5. The second-order valence-corrected chi connectivity index (χ2v) is 8.61. The minimum absolute atomic E-state index is 0.148. The molecule has 4 aromatic rings. The molecule has 28 heavy (non-hydrogen) atoms. The van der Waals surface area contributed by atoms with Gasteiger partial charge in [0.25, 0.3) is 5.91 Å². The Morgan fingerprint density at radius 1 is 0.893 bits per heavy atom. The molecule has 1 aromatic carbocycles. The average molecular weight is 426 g/mol. The third kappa shape index (κ3) is 4.53. The van der Waals surface area contributed by atoms with E-state index in [-0.39, 0.29) is 18.2 Å². The second kappa shape index (κ2) is 8.47. The number of hydrogen-bond donors (Lipinski definition) is 2. The fraction of sp³-hybridized carbons (Fsp3) is 0.0500. The van der Waals surface area contributed by atoms with Gasteiger partial charge in [-0.3, -0.25) is 9.59 Å². The highest BCUT2D eigenvalue weighted by Crippen LogP contribution is 2.28. The molecule has 3 heterocycles. The molecule has 8 heteroatoms. The van der Waals surface area contributed by atoms with E-state index in [0.717, 1.165) is 15.6 Å². The van der Waals surface area contributed by atoms with Gasteiger partial charge < -0.3 is 10.6 Å². The number of hydrogen-bond acceptors (Lipinski definition) is 6. The van der Waals surface area contributed by atoms with E-state index in [9.17, 15) is 9.59 Å². The van der Waals surface area contributed by atoms with Gasteiger partial charge in [0.15, 0.2) is 0 Å². The first-order valence-electron chi connectivity index (χ1n) is 8.40. The summed E-state index contributed by atoms with van der Waals surface area (Å²) in [6.45, 7) is 0. The molecule has 0 aliphatic rings. The first kappa shape index (κ1) is 18.5. The van der Waals surface area contributed by atoms with Gasteiger partial charge in [-0.2, -0.15) is 0 Å². The predicted octanol–water partition coefficient (Wildman–Crippen LogP) is 5.37. The average Bonchev–Trinajstić information content (AvgIpc) is 3.44. The van der Waals surface area contributed by atoms with Crippen LogP contribution >= 0.6 is 34.0 Å². The summed E-state index contributed by atoms with van der Waals surface area (Å²) in [5.41, 5.74) is 2.00. The third-order valence-corrected chi connectivity index (χ3v) is 6.57. The molecule has 3 aromatic heterocycles. The molecule has 2 N–H and O–H groups in total. The second-order valence-electron chi connectivity index (χ2n) is 5.86. The van der Waals surface area contributed by atoms with E-state index in [2.05, 4.69) is 15.6 Å². The van der Waals surface area contributed by atoms with Crippen molar-refractivity contribution >= 4 is 57.2 Å². The number of rotatable bonds is 6. The standard InChI is InChI=1S/C20H15N3O2S3/c24-18(11-15-12-28-20(23-15)17-7-3-9-27-17)21-13-4-1-5-14(10-13)22-19(25)16-6-2-8-26-16/h1-10,12H,11H2,(H,21,24)(H,22,25). The van der Waals surface area contributed by atoms with Gasteiger partial charge in [0, 0.05) is 16.8 Å². The maximum absolute atomic E-state index is 12.4. The van der Waals surface area contributed by atoms with E-state index in [4.69, 9.17) is 0 Å². The number of nitrogens with one attached hydrogen (secondary N) is 2. The van der Waals surface area contributed by atoms with Crippen molar-refractivity contribution in [2.45, 2.75) is 6.42 Å². The summed E-state index contributed by atoms with van der Waals surface area (Å²) >= 11 is 4.55. The van der Waals surface area contributed by atoms with E-state index >= 15 is 0 Å². The fourth-order valence-corrected chi connectivity index (χ4v) is 4.80. The number of thiazole rings is 1. The first-order chi connectivity index (χ1) is 13.7. The molecule has 4 rings (SSSR count). The predicted molar refractivity (Wildman–Crippen MR) is 116 cm³/mol. The Morgan fingerprint density at radius 3 is 2.43 bits per heavy atom. The largest absolute Gasteiger partial charge is 0.326 e. The van der Waals surface area contributed by atoms with Gasteiger partial charge in [0.1, 0.15) is 5.01 Å². The number of amides is 2. The summed E-state index contributed by atoms with van der Waals surface area (Å²) in [4.78, 5) is 30.8. The number of carbonyl (C=O) groups excluding carboxylic acids is 2. The molecule has 140 valence electrons. The molecule has 0 spiro atoms. The number of aromatic nitrogens is 1. The Hall–Kier alpha value is -2.81. The number of anilines is 2. The summed E-state index contributed by atoms with van der Waals surface area (Å²) in [6.07, 6.45) is 0.202. The molecule has 0 atom stereocenters. The van der Waals surface area contributed by atoms with E-state index in [1.54, 1.807) is 41.7 Å². The van der Waals surface area contributed by atoms with E-state index < -0.39 is 0 Å². The molecule has 0 aliphatic carbocycles. The zero-order valence-corrected chi connectivity index (χ0v) is 17.0. The zero-order chi connectivity index (χ0) is 19.3. The molecule has 0 aliphatic heterocycles. The number of benzene rings is 1. The fourth-order valence-electron chi connectivity index (χ4n) is 2.55. The van der Waals surface area contributed by atoms with Gasteiger partial charge in [-0.05, 0) is 41.1 Å². The molecule has 0 radical (unpaired) electrons. The van der Waals surface area contributed by atoms with E-state index in [1.807, 2.05) is 34.3 Å². The van der Waals surface area contributed by atoms with Gasteiger partial charge in [0.05, 0.1) is 21.9 Å². The number of carbonyl (C=O) groups is 2. The van der Waals surface area contributed by atoms with Crippen molar-refractivity contribution < 1.29 is 9.59 Å². The lowest BCUT2D eigenvalue weighted by molar-refractivity contribution is -0.115. The minimum Gasteiger partial charge on any atom is -0.326 e. The summed E-state index contributed by atoms with van der Waals surface area (Å²) in [7, 11) is 0. The highest BCUT2D eigenvalue weighted by molar-refractivity contribution is 7.20. The molecule has 0 saturated carbocycles. The maximum Gasteiger partial charge on any atom is 0.265 e. The topological polar surface area (TPSA) is 71.1 Å². The maximum atomic E-state index is 12.4. The molecule has 5 nitrogen and oxygen atoms in total. The van der Waals surface area contributed by atoms with Crippen LogP contribution in [0.2, 0.25) is 0 Å². The summed E-state index contributed by atoms with van der Waals surface area (Å²) in [5, 5.41) is 12.4. The van der Waals surface area contributed by atoms with Gasteiger partial charge >= 0.3 is 0 Å². The smallest absolute Gasteiger partial charge is 0.265 e. The van der Waals surface area contributed by atoms with Crippen LogP contribution in [0.4, 0.5) is 11.4 Å². The van der Waals surface area contributed by atoms with Gasteiger partial charge in [-0.15, -0.1) is 34.0 Å². The molecular formula is C20H15N3O2S3. The SMILES string of the molecule is O=C(Cc1csc(-c2cccs2)n1)Nc1cccc(NC(=O)c2cccs2)c1. The van der Waals surface area contributed by atoms with Crippen molar-refractivity contribution in [2.24, 2.45) is 0 Å². The monoisotopic (exact) mass is 425 g/mol. The van der Waals surface area contributed by atoms with Crippen LogP contribution in [-0.4, -0.2) is 16.8 Å². The van der Waals surface area contributed by atoms with Gasteiger partial charge in [-0.25, -0.2) is 4.98 Å². The van der Waals surface area contributed by atoms with Crippen LogP contribution in [0, 0.1) is 0 Å². The van der Waals surface area contributed by atoms with Gasteiger partial charge in [-0.1, -0.05) is 18.2 Å². The van der Waals surface area contributed by atoms with Crippen LogP contribution in [0.5, 0.6) is 0 Å². The van der Waals surface area contributed by atoms with Crippen molar-refractivity contribution in [3.8, 4) is 9.88 Å². The Morgan fingerprint density at radius 2 is 1.68 bits per heavy atom.